The zero-order valence-electron chi connectivity index (χ0n) is 11.0. The van der Waals surface area contributed by atoms with E-state index < -0.39 is 4.92 Å². The smallest absolute Gasteiger partial charge is 0.270 e. The molecular weight excluding hydrogens is 272 g/mol. The van der Waals surface area contributed by atoms with Crippen LogP contribution in [0.5, 0.6) is 0 Å². The summed E-state index contributed by atoms with van der Waals surface area (Å²) in [5.74, 6) is 2.57. The molecule has 0 saturated carbocycles. The van der Waals surface area contributed by atoms with Crippen LogP contribution in [0.1, 0.15) is 0 Å². The van der Waals surface area contributed by atoms with Crippen LogP contribution < -0.4 is 10.6 Å². The standard InChI is InChI=1S/C14H12N4O3/c1-2-7-15-14(19)9-16-13-6-3-10-8-11(18(20)21)4-5-12(10)17-13/h1,3-6,8H,7,9H2,(H,15,19)(H,16,17). The van der Waals surface area contributed by atoms with Crippen LogP contribution in [0.15, 0.2) is 30.3 Å². The van der Waals surface area contributed by atoms with Crippen molar-refractivity contribution in [1.82, 2.24) is 10.3 Å². The highest BCUT2D eigenvalue weighted by molar-refractivity contribution is 5.84. The van der Waals surface area contributed by atoms with Crippen LogP contribution in [0, 0.1) is 22.5 Å². The molecule has 21 heavy (non-hydrogen) atoms. The predicted molar refractivity (Wildman–Crippen MR) is 78.7 cm³/mol. The second-order valence-corrected chi connectivity index (χ2v) is 4.17. The number of benzene rings is 1. The number of aromatic nitrogens is 1. The molecule has 106 valence electrons. The molecule has 0 aliphatic heterocycles. The molecule has 0 bridgehead atoms. The van der Waals surface area contributed by atoms with Crippen molar-refractivity contribution < 1.29 is 9.72 Å². The Labute approximate surface area is 120 Å². The summed E-state index contributed by atoms with van der Waals surface area (Å²) in [7, 11) is 0. The molecule has 0 aliphatic rings. The topological polar surface area (TPSA) is 97.2 Å². The van der Waals surface area contributed by atoms with E-state index in [1.807, 2.05) is 0 Å². The van der Waals surface area contributed by atoms with E-state index in [1.54, 1.807) is 18.2 Å². The molecule has 7 nitrogen and oxygen atoms in total. The molecule has 2 aromatic rings. The summed E-state index contributed by atoms with van der Waals surface area (Å²) in [6.07, 6.45) is 5.03. The molecule has 2 rings (SSSR count). The third kappa shape index (κ3) is 3.67. The molecule has 0 unspecified atom stereocenters. The molecule has 0 atom stereocenters. The van der Waals surface area contributed by atoms with Crippen LogP contribution >= 0.6 is 0 Å². The summed E-state index contributed by atoms with van der Waals surface area (Å²) >= 11 is 0. The zero-order chi connectivity index (χ0) is 15.2. The minimum Gasteiger partial charge on any atom is -0.361 e. The number of carbonyl (C=O) groups is 1. The molecule has 1 amide bonds. The molecule has 0 saturated heterocycles. The third-order valence-electron chi connectivity index (χ3n) is 2.70. The number of amides is 1. The first-order valence-electron chi connectivity index (χ1n) is 6.09. The van der Waals surface area contributed by atoms with Gasteiger partial charge in [0.1, 0.15) is 5.82 Å². The summed E-state index contributed by atoms with van der Waals surface area (Å²) in [6, 6.07) is 7.76. The molecule has 0 spiro atoms. The molecule has 1 aromatic carbocycles. The van der Waals surface area contributed by atoms with Gasteiger partial charge in [0.2, 0.25) is 5.91 Å². The average molecular weight is 284 g/mol. The summed E-state index contributed by atoms with van der Waals surface area (Å²) in [4.78, 5) is 25.9. The summed E-state index contributed by atoms with van der Waals surface area (Å²) in [5, 5.41) is 16.7. The molecule has 0 fully saturated rings. The number of nitro benzene ring substituents is 1. The number of anilines is 1. The van der Waals surface area contributed by atoms with Crippen molar-refractivity contribution >= 4 is 28.3 Å². The van der Waals surface area contributed by atoms with E-state index in [1.165, 1.54) is 12.1 Å². The van der Waals surface area contributed by atoms with E-state index >= 15 is 0 Å². The maximum Gasteiger partial charge on any atom is 0.270 e. The van der Waals surface area contributed by atoms with E-state index in [4.69, 9.17) is 6.42 Å². The number of nitro groups is 1. The maximum atomic E-state index is 11.4. The van der Waals surface area contributed by atoms with E-state index in [2.05, 4.69) is 21.5 Å². The van der Waals surface area contributed by atoms with Gasteiger partial charge in [-0.25, -0.2) is 4.98 Å². The van der Waals surface area contributed by atoms with Crippen molar-refractivity contribution in [1.29, 1.82) is 0 Å². The predicted octanol–water partition coefficient (Wildman–Crippen LogP) is 1.30. The van der Waals surface area contributed by atoms with Gasteiger partial charge >= 0.3 is 0 Å². The van der Waals surface area contributed by atoms with E-state index in [0.29, 0.717) is 16.7 Å². The van der Waals surface area contributed by atoms with Gasteiger partial charge in [-0.1, -0.05) is 5.92 Å². The zero-order valence-corrected chi connectivity index (χ0v) is 11.0. The first-order chi connectivity index (χ1) is 10.1. The number of hydrogen-bond acceptors (Lipinski definition) is 5. The molecule has 1 aromatic heterocycles. The van der Waals surface area contributed by atoms with Gasteiger partial charge in [0.15, 0.2) is 0 Å². The lowest BCUT2D eigenvalue weighted by molar-refractivity contribution is -0.384. The lowest BCUT2D eigenvalue weighted by Gasteiger charge is -2.06. The van der Waals surface area contributed by atoms with Crippen molar-refractivity contribution in [3.63, 3.8) is 0 Å². The molecule has 0 radical (unpaired) electrons. The van der Waals surface area contributed by atoms with Gasteiger partial charge in [0.05, 0.1) is 23.5 Å². The Balaban J connectivity index is 2.09. The summed E-state index contributed by atoms with van der Waals surface area (Å²) in [5.41, 5.74) is 0.619. The number of pyridine rings is 1. The SMILES string of the molecule is C#CCNC(=O)CNc1ccc2cc([N+](=O)[O-])ccc2n1. The third-order valence-corrected chi connectivity index (χ3v) is 2.70. The number of non-ortho nitro benzene ring substituents is 1. The van der Waals surface area contributed by atoms with Crippen LogP contribution in [0.4, 0.5) is 11.5 Å². The van der Waals surface area contributed by atoms with Crippen molar-refractivity contribution in [2.75, 3.05) is 18.4 Å². The number of carbonyl (C=O) groups excluding carboxylic acids is 1. The highest BCUT2D eigenvalue weighted by atomic mass is 16.6. The fourth-order valence-corrected chi connectivity index (χ4v) is 1.71. The maximum absolute atomic E-state index is 11.4. The van der Waals surface area contributed by atoms with Gasteiger partial charge in [0, 0.05) is 17.5 Å². The first kappa shape index (κ1) is 14.3. The quantitative estimate of drug-likeness (QED) is 0.490. The second-order valence-electron chi connectivity index (χ2n) is 4.17. The fourth-order valence-electron chi connectivity index (χ4n) is 1.71. The number of fused-ring (bicyclic) bond motifs is 1. The van der Waals surface area contributed by atoms with Crippen LogP contribution in [0.3, 0.4) is 0 Å². The Morgan fingerprint density at radius 3 is 2.90 bits per heavy atom. The fraction of sp³-hybridized carbons (Fsp3) is 0.143. The lowest BCUT2D eigenvalue weighted by Crippen LogP contribution is -2.30. The highest BCUT2D eigenvalue weighted by Gasteiger charge is 2.07. The van der Waals surface area contributed by atoms with Crippen LogP contribution in [0.25, 0.3) is 10.9 Å². The Kier molecular flexibility index (Phi) is 4.31. The van der Waals surface area contributed by atoms with E-state index in [9.17, 15) is 14.9 Å². The van der Waals surface area contributed by atoms with Crippen molar-refractivity contribution in [2.24, 2.45) is 0 Å². The molecule has 1 heterocycles. The van der Waals surface area contributed by atoms with Crippen molar-refractivity contribution in [3.05, 3.63) is 40.4 Å². The summed E-state index contributed by atoms with van der Waals surface area (Å²) < 4.78 is 0. The molecular formula is C14H12N4O3. The largest absolute Gasteiger partial charge is 0.361 e. The average Bonchev–Trinajstić information content (AvgIpc) is 2.50. The minimum atomic E-state index is -0.457. The van der Waals surface area contributed by atoms with E-state index in [0.717, 1.165) is 0 Å². The van der Waals surface area contributed by atoms with Gasteiger partial charge in [-0.05, 0) is 18.2 Å². The molecule has 0 aliphatic carbocycles. The monoisotopic (exact) mass is 284 g/mol. The van der Waals surface area contributed by atoms with Crippen molar-refractivity contribution in [3.8, 4) is 12.3 Å². The number of terminal acetylenes is 1. The van der Waals surface area contributed by atoms with Crippen LogP contribution in [-0.4, -0.2) is 28.9 Å². The number of nitrogens with zero attached hydrogens (tertiary/aromatic N) is 2. The number of nitrogens with one attached hydrogen (secondary N) is 2. The Morgan fingerprint density at radius 1 is 1.38 bits per heavy atom. The second kappa shape index (κ2) is 6.34. The molecule has 2 N–H and O–H groups in total. The van der Waals surface area contributed by atoms with Gasteiger partial charge in [-0.3, -0.25) is 14.9 Å². The first-order valence-corrected chi connectivity index (χ1v) is 6.09. The van der Waals surface area contributed by atoms with Gasteiger partial charge in [-0.15, -0.1) is 6.42 Å². The van der Waals surface area contributed by atoms with Gasteiger partial charge in [0.25, 0.3) is 5.69 Å². The van der Waals surface area contributed by atoms with E-state index in [-0.39, 0.29) is 24.7 Å². The Morgan fingerprint density at radius 2 is 2.19 bits per heavy atom. The molecule has 7 heteroatoms. The summed E-state index contributed by atoms with van der Waals surface area (Å²) in [6.45, 7) is 0.225. The lowest BCUT2D eigenvalue weighted by atomic mass is 10.2. The Hall–Kier alpha value is -3.14. The highest BCUT2D eigenvalue weighted by Crippen LogP contribution is 2.20. The van der Waals surface area contributed by atoms with Gasteiger partial charge < -0.3 is 10.6 Å². The number of rotatable bonds is 5. The number of hydrogen-bond donors (Lipinski definition) is 2. The Bertz CT molecular complexity index is 737. The normalized spacial score (nSPS) is 9.86. The van der Waals surface area contributed by atoms with Crippen LogP contribution in [0.2, 0.25) is 0 Å². The van der Waals surface area contributed by atoms with Gasteiger partial charge in [-0.2, -0.15) is 0 Å². The van der Waals surface area contributed by atoms with Crippen LogP contribution in [-0.2, 0) is 4.79 Å². The van der Waals surface area contributed by atoms with Crippen molar-refractivity contribution in [2.45, 2.75) is 0 Å². The minimum absolute atomic E-state index is 0.0127.